The summed E-state index contributed by atoms with van der Waals surface area (Å²) in [7, 11) is 0. The molecule has 28 heavy (non-hydrogen) atoms. The molecule has 1 aliphatic rings. The second kappa shape index (κ2) is 9.15. The molecule has 0 N–H and O–H groups in total. The van der Waals surface area contributed by atoms with E-state index in [1.54, 1.807) is 18.7 Å². The number of nitrogens with zero attached hydrogens (tertiary/aromatic N) is 1. The van der Waals surface area contributed by atoms with E-state index in [4.69, 9.17) is 9.47 Å². The fourth-order valence-corrected chi connectivity index (χ4v) is 4.35. The summed E-state index contributed by atoms with van der Waals surface area (Å²) in [5.41, 5.74) is 2.92. The van der Waals surface area contributed by atoms with E-state index < -0.39 is 18.0 Å². The van der Waals surface area contributed by atoms with Gasteiger partial charge in [-0.2, -0.15) is 0 Å². The van der Waals surface area contributed by atoms with Crippen LogP contribution in [0.2, 0.25) is 0 Å². The number of rotatable bonds is 7. The van der Waals surface area contributed by atoms with Crippen LogP contribution in [-0.4, -0.2) is 25.1 Å². The molecular formula is C22H25NO4S. The topological polar surface area (TPSA) is 55.8 Å². The maximum absolute atomic E-state index is 12.3. The van der Waals surface area contributed by atoms with Crippen molar-refractivity contribution in [2.24, 2.45) is 0 Å². The Kier molecular flexibility index (Phi) is 6.62. The third-order valence-electron chi connectivity index (χ3n) is 4.47. The zero-order valence-corrected chi connectivity index (χ0v) is 17.3. The van der Waals surface area contributed by atoms with Crippen molar-refractivity contribution in [1.29, 1.82) is 0 Å². The number of unbranched alkanes of at least 4 members (excludes halogenated alkanes) is 1. The predicted molar refractivity (Wildman–Crippen MR) is 110 cm³/mol. The van der Waals surface area contributed by atoms with Crippen LogP contribution >= 0.6 is 11.8 Å². The molecule has 0 radical (unpaired) electrons. The number of benzene rings is 2. The molecule has 0 aliphatic carbocycles. The molecule has 5 nitrogen and oxygen atoms in total. The highest BCUT2D eigenvalue weighted by molar-refractivity contribution is 7.99. The highest BCUT2D eigenvalue weighted by atomic mass is 32.2. The molecule has 1 atom stereocenters. The van der Waals surface area contributed by atoms with Gasteiger partial charge in [-0.05, 0) is 37.6 Å². The Balaban J connectivity index is 1.99. The second-order valence-corrected chi connectivity index (χ2v) is 7.63. The molecular weight excluding hydrogens is 374 g/mol. The Morgan fingerprint density at radius 3 is 2.54 bits per heavy atom. The van der Waals surface area contributed by atoms with Crippen molar-refractivity contribution >= 4 is 35.1 Å². The summed E-state index contributed by atoms with van der Waals surface area (Å²) in [6.07, 6.45) is 1.14. The third kappa shape index (κ3) is 4.33. The monoisotopic (exact) mass is 399 g/mol. The first-order valence-corrected chi connectivity index (χ1v) is 10.4. The average molecular weight is 400 g/mol. The lowest BCUT2D eigenvalue weighted by molar-refractivity contribution is -0.167. The largest absolute Gasteiger partial charge is 0.463 e. The average Bonchev–Trinajstić information content (AvgIpc) is 2.69. The van der Waals surface area contributed by atoms with E-state index in [9.17, 15) is 9.59 Å². The Hall–Kier alpha value is -2.47. The standard InChI is InChI=1S/C22H25NO4S/c1-4-6-13-23-17-9-7-8-10-19(17)28-20-14-16(11-12-18(20)23)21(27-15(3)24)22(25)26-5-2/h7-12,14,21H,4-6,13H2,1-3H3/t21-/m1/s1. The quantitative estimate of drug-likeness (QED) is 0.592. The van der Waals surface area contributed by atoms with Crippen LogP contribution in [0.3, 0.4) is 0 Å². The van der Waals surface area contributed by atoms with Crippen molar-refractivity contribution in [1.82, 2.24) is 0 Å². The SMILES string of the molecule is CCCCN1c2ccccc2Sc2cc([C@@H](OC(C)=O)C(=O)OCC)ccc21. The highest BCUT2D eigenvalue weighted by Crippen LogP contribution is 2.48. The van der Waals surface area contributed by atoms with Gasteiger partial charge in [0.15, 0.2) is 0 Å². The van der Waals surface area contributed by atoms with Gasteiger partial charge in [0.1, 0.15) is 0 Å². The van der Waals surface area contributed by atoms with Crippen LogP contribution in [0.1, 0.15) is 45.3 Å². The summed E-state index contributed by atoms with van der Waals surface area (Å²) in [5.74, 6) is -1.07. The molecule has 148 valence electrons. The smallest absolute Gasteiger partial charge is 0.352 e. The normalized spacial score (nSPS) is 13.3. The van der Waals surface area contributed by atoms with Gasteiger partial charge in [0, 0.05) is 28.8 Å². The number of hydrogen-bond acceptors (Lipinski definition) is 6. The van der Waals surface area contributed by atoms with Crippen LogP contribution < -0.4 is 4.90 Å². The lowest BCUT2D eigenvalue weighted by Gasteiger charge is -2.33. The molecule has 0 unspecified atom stereocenters. The molecule has 0 saturated heterocycles. The summed E-state index contributed by atoms with van der Waals surface area (Å²) < 4.78 is 10.4. The predicted octanol–water partition coefficient (Wildman–Crippen LogP) is 5.26. The first-order chi connectivity index (χ1) is 13.5. The van der Waals surface area contributed by atoms with Crippen LogP contribution in [0.4, 0.5) is 11.4 Å². The van der Waals surface area contributed by atoms with E-state index in [1.165, 1.54) is 17.5 Å². The van der Waals surface area contributed by atoms with E-state index >= 15 is 0 Å². The van der Waals surface area contributed by atoms with Gasteiger partial charge in [0.2, 0.25) is 6.10 Å². The van der Waals surface area contributed by atoms with Gasteiger partial charge in [-0.15, -0.1) is 0 Å². The number of carbonyl (C=O) groups excluding carboxylic acids is 2. The summed E-state index contributed by atoms with van der Waals surface area (Å²) in [6, 6.07) is 14.1. The minimum atomic E-state index is -1.05. The lowest BCUT2D eigenvalue weighted by Crippen LogP contribution is -2.23. The number of hydrogen-bond donors (Lipinski definition) is 0. The van der Waals surface area contributed by atoms with E-state index in [-0.39, 0.29) is 6.61 Å². The minimum Gasteiger partial charge on any atom is -0.463 e. The van der Waals surface area contributed by atoms with Gasteiger partial charge in [-0.25, -0.2) is 4.79 Å². The maximum Gasteiger partial charge on any atom is 0.352 e. The number of fused-ring (bicyclic) bond motifs is 2. The molecule has 0 saturated carbocycles. The Bertz CT molecular complexity index is 867. The van der Waals surface area contributed by atoms with Crippen molar-refractivity contribution in [2.75, 3.05) is 18.1 Å². The molecule has 1 heterocycles. The summed E-state index contributed by atoms with van der Waals surface area (Å²) in [6.45, 7) is 6.36. The van der Waals surface area contributed by atoms with E-state index in [0.29, 0.717) is 5.56 Å². The van der Waals surface area contributed by atoms with Crippen LogP contribution in [0.5, 0.6) is 0 Å². The first-order valence-electron chi connectivity index (χ1n) is 9.57. The highest BCUT2D eigenvalue weighted by Gasteiger charge is 2.29. The summed E-state index contributed by atoms with van der Waals surface area (Å²) >= 11 is 1.66. The maximum atomic E-state index is 12.3. The molecule has 0 spiro atoms. The number of ether oxygens (including phenoxy) is 2. The van der Waals surface area contributed by atoms with Crippen LogP contribution in [0.15, 0.2) is 52.3 Å². The van der Waals surface area contributed by atoms with Crippen LogP contribution in [0, 0.1) is 0 Å². The number of para-hydroxylation sites is 1. The molecule has 0 aromatic heterocycles. The number of anilines is 2. The van der Waals surface area contributed by atoms with Gasteiger partial charge < -0.3 is 14.4 Å². The lowest BCUT2D eigenvalue weighted by atomic mass is 10.1. The second-order valence-electron chi connectivity index (χ2n) is 6.54. The Labute approximate surface area is 170 Å². The van der Waals surface area contributed by atoms with Crippen molar-refractivity contribution in [3.8, 4) is 0 Å². The van der Waals surface area contributed by atoms with Crippen LogP contribution in [0.25, 0.3) is 0 Å². The molecule has 2 aromatic rings. The van der Waals surface area contributed by atoms with Crippen molar-refractivity contribution in [3.05, 3.63) is 48.0 Å². The fourth-order valence-electron chi connectivity index (χ4n) is 3.21. The van der Waals surface area contributed by atoms with Crippen molar-refractivity contribution in [3.63, 3.8) is 0 Å². The van der Waals surface area contributed by atoms with Gasteiger partial charge >= 0.3 is 11.9 Å². The minimum absolute atomic E-state index is 0.231. The molecule has 0 fully saturated rings. The zero-order chi connectivity index (χ0) is 20.1. The fraction of sp³-hybridized carbons (Fsp3) is 0.364. The first kappa shape index (κ1) is 20.3. The van der Waals surface area contributed by atoms with Gasteiger partial charge in [0.25, 0.3) is 0 Å². The molecule has 2 aromatic carbocycles. The zero-order valence-electron chi connectivity index (χ0n) is 16.4. The van der Waals surface area contributed by atoms with Gasteiger partial charge in [-0.1, -0.05) is 43.3 Å². The molecule has 6 heteroatoms. The van der Waals surface area contributed by atoms with Crippen molar-refractivity contribution < 1.29 is 19.1 Å². The Morgan fingerprint density at radius 1 is 1.07 bits per heavy atom. The summed E-state index contributed by atoms with van der Waals surface area (Å²) in [5, 5.41) is 0. The summed E-state index contributed by atoms with van der Waals surface area (Å²) in [4.78, 5) is 28.4. The molecule has 0 amide bonds. The van der Waals surface area contributed by atoms with Gasteiger partial charge in [-0.3, -0.25) is 4.79 Å². The molecule has 0 bridgehead atoms. The van der Waals surface area contributed by atoms with Crippen LogP contribution in [-0.2, 0) is 19.1 Å². The Morgan fingerprint density at radius 2 is 1.82 bits per heavy atom. The number of carbonyl (C=O) groups is 2. The van der Waals surface area contributed by atoms with Gasteiger partial charge in [0.05, 0.1) is 18.0 Å². The third-order valence-corrected chi connectivity index (χ3v) is 5.59. The van der Waals surface area contributed by atoms with E-state index in [0.717, 1.165) is 30.0 Å². The molecule has 3 rings (SSSR count). The van der Waals surface area contributed by atoms with Crippen molar-refractivity contribution in [2.45, 2.75) is 49.5 Å². The molecule has 1 aliphatic heterocycles. The number of esters is 2. The van der Waals surface area contributed by atoms with E-state index in [1.807, 2.05) is 24.3 Å². The van der Waals surface area contributed by atoms with E-state index in [2.05, 4.69) is 30.0 Å².